The van der Waals surface area contributed by atoms with E-state index in [1.807, 2.05) is 18.7 Å². The predicted octanol–water partition coefficient (Wildman–Crippen LogP) is 4.32. The summed E-state index contributed by atoms with van der Waals surface area (Å²) in [7, 11) is 1.62. The lowest BCUT2D eigenvalue weighted by atomic mass is 10.0. The molecule has 2 aliphatic rings. The highest BCUT2D eigenvalue weighted by Crippen LogP contribution is 2.46. The zero-order valence-corrected chi connectivity index (χ0v) is 24.7. The molecule has 0 saturated carbocycles. The summed E-state index contributed by atoms with van der Waals surface area (Å²) in [5, 5.41) is 4.35. The maximum atomic E-state index is 15.1. The van der Waals surface area contributed by atoms with Crippen molar-refractivity contribution >= 4 is 46.0 Å². The number of carbonyl (C=O) groups is 1. The Morgan fingerprint density at radius 1 is 1.24 bits per heavy atom. The van der Waals surface area contributed by atoms with Gasteiger partial charge in [0.1, 0.15) is 17.5 Å². The summed E-state index contributed by atoms with van der Waals surface area (Å²) in [6.07, 6.45) is 1.31. The third-order valence-electron chi connectivity index (χ3n) is 7.57. The van der Waals surface area contributed by atoms with Gasteiger partial charge in [-0.2, -0.15) is 4.98 Å². The van der Waals surface area contributed by atoms with Crippen LogP contribution in [-0.2, 0) is 16.1 Å². The van der Waals surface area contributed by atoms with Crippen molar-refractivity contribution in [2.24, 2.45) is 0 Å². The average molecular weight is 604 g/mol. The molecule has 1 aromatic heterocycles. The van der Waals surface area contributed by atoms with E-state index in [0.717, 1.165) is 6.07 Å². The Bertz CT molecular complexity index is 1560. The van der Waals surface area contributed by atoms with Gasteiger partial charge in [0.25, 0.3) is 0 Å². The normalized spacial score (nSPS) is 20.8. The lowest BCUT2D eigenvalue weighted by molar-refractivity contribution is -0.130. The second kappa shape index (κ2) is 12.1. The van der Waals surface area contributed by atoms with Crippen molar-refractivity contribution in [2.45, 2.75) is 43.4 Å². The molecule has 5 rings (SSSR count). The fourth-order valence-corrected chi connectivity index (χ4v) is 7.51. The topological polar surface area (TPSA) is 79.7 Å². The number of nitrogens with one attached hydrogen (secondary N) is 1. The number of benzene rings is 2. The summed E-state index contributed by atoms with van der Waals surface area (Å²) in [5.74, 6) is -0.544. The number of carbonyl (C=O) groups excluding carboxylic acids is 1. The number of aromatic nitrogens is 2. The van der Waals surface area contributed by atoms with Gasteiger partial charge in [-0.05, 0) is 38.1 Å². The Morgan fingerprint density at radius 2 is 1.98 bits per heavy atom. The number of rotatable bonds is 7. The van der Waals surface area contributed by atoms with Crippen LogP contribution in [0.2, 0.25) is 5.02 Å². The number of amides is 1. The van der Waals surface area contributed by atoms with E-state index in [9.17, 15) is 14.0 Å². The molecule has 1 fully saturated rings. The maximum absolute atomic E-state index is 15.1. The highest BCUT2D eigenvalue weighted by molar-refractivity contribution is 7.99. The Labute approximate surface area is 246 Å². The van der Waals surface area contributed by atoms with Gasteiger partial charge in [0.2, 0.25) is 5.91 Å². The van der Waals surface area contributed by atoms with Crippen LogP contribution >= 0.6 is 23.4 Å². The second-order valence-corrected chi connectivity index (χ2v) is 11.9. The highest BCUT2D eigenvalue weighted by Gasteiger charge is 2.35. The Hall–Kier alpha value is -2.99. The lowest BCUT2D eigenvalue weighted by Crippen LogP contribution is -2.58. The molecular formula is C29H32ClF2N5O3S. The van der Waals surface area contributed by atoms with Crippen LogP contribution < -0.4 is 15.9 Å². The van der Waals surface area contributed by atoms with Crippen molar-refractivity contribution in [3.8, 4) is 11.1 Å². The number of nitrogens with zero attached hydrogens (tertiary/aromatic N) is 4. The summed E-state index contributed by atoms with van der Waals surface area (Å²) in [4.78, 5) is 35.2. The number of methoxy groups -OCH3 is 1. The minimum atomic E-state index is -0.740. The van der Waals surface area contributed by atoms with Crippen LogP contribution in [0.4, 0.5) is 14.6 Å². The van der Waals surface area contributed by atoms with Crippen molar-refractivity contribution in [1.29, 1.82) is 0 Å². The van der Waals surface area contributed by atoms with Crippen LogP contribution in [0.5, 0.6) is 0 Å². The van der Waals surface area contributed by atoms with Gasteiger partial charge in [0.15, 0.2) is 0 Å². The van der Waals surface area contributed by atoms with Gasteiger partial charge >= 0.3 is 5.69 Å². The number of anilines is 1. The molecule has 1 saturated heterocycles. The zero-order chi connectivity index (χ0) is 29.4. The molecule has 41 heavy (non-hydrogen) atoms. The zero-order valence-electron chi connectivity index (χ0n) is 23.1. The fourth-order valence-electron chi connectivity index (χ4n) is 5.84. The summed E-state index contributed by atoms with van der Waals surface area (Å²) < 4.78 is 35.8. The van der Waals surface area contributed by atoms with Crippen LogP contribution in [0.3, 0.4) is 0 Å². The first-order chi connectivity index (χ1) is 19.6. The molecule has 0 bridgehead atoms. The molecule has 3 aromatic rings. The van der Waals surface area contributed by atoms with Gasteiger partial charge in [-0.15, -0.1) is 11.8 Å². The number of hydrogen-bond acceptors (Lipinski definition) is 7. The smallest absolute Gasteiger partial charge is 0.350 e. The van der Waals surface area contributed by atoms with Crippen molar-refractivity contribution in [2.75, 3.05) is 44.0 Å². The van der Waals surface area contributed by atoms with Gasteiger partial charge in [0, 0.05) is 84.6 Å². The largest absolute Gasteiger partial charge is 0.383 e. The quantitative estimate of drug-likeness (QED) is 0.318. The van der Waals surface area contributed by atoms with Crippen molar-refractivity contribution in [3.05, 3.63) is 64.1 Å². The standard InChI is InChI=1S/C29H32ClF2N5O3S/c1-5-24(38)37-16(2)12-35(13-17(37)3)28-21-11-22(30)25(20-7-6-18(31)10-23(20)32)27-26(21)36(29(39)34-28)14-19(15-41-27)33-8-9-40-4/h5-7,10-11,16-17,19,33H,1,8-9,12-15H2,2-4H3/t16-,17+,19?. The SMILES string of the molecule is C=CC(=O)N1[C@H](C)CN(c2nc(=O)n3c4c(c(-c5ccc(F)cc5F)c(Cl)cc24)SCC(NCCOC)C3)C[C@@H]1C. The second-order valence-electron chi connectivity index (χ2n) is 10.4. The lowest BCUT2D eigenvalue weighted by Gasteiger charge is -2.44. The molecule has 3 atom stereocenters. The Morgan fingerprint density at radius 3 is 2.63 bits per heavy atom. The molecule has 12 heteroatoms. The molecule has 1 amide bonds. The Kier molecular flexibility index (Phi) is 8.70. The van der Waals surface area contributed by atoms with Crippen molar-refractivity contribution in [3.63, 3.8) is 0 Å². The summed E-state index contributed by atoms with van der Waals surface area (Å²) in [5.41, 5.74) is 0.733. The first-order valence-corrected chi connectivity index (χ1v) is 14.8. The molecule has 0 spiro atoms. The van der Waals surface area contributed by atoms with Gasteiger partial charge in [-0.3, -0.25) is 9.36 Å². The van der Waals surface area contributed by atoms with E-state index in [1.165, 1.54) is 30.0 Å². The first-order valence-electron chi connectivity index (χ1n) is 13.4. The van der Waals surface area contributed by atoms with Gasteiger partial charge in [-0.1, -0.05) is 18.2 Å². The van der Waals surface area contributed by atoms with Crippen LogP contribution in [0.15, 0.2) is 46.6 Å². The third kappa shape index (κ3) is 5.60. The molecule has 218 valence electrons. The van der Waals surface area contributed by atoms with Gasteiger partial charge in [0.05, 0.1) is 17.1 Å². The summed E-state index contributed by atoms with van der Waals surface area (Å²) >= 11 is 8.36. The number of piperazine rings is 1. The summed E-state index contributed by atoms with van der Waals surface area (Å²) in [6, 6.07) is 4.69. The van der Waals surface area contributed by atoms with E-state index >= 15 is 4.39 Å². The van der Waals surface area contributed by atoms with E-state index in [2.05, 4.69) is 16.9 Å². The Balaban J connectivity index is 1.70. The number of thioether (sulfide) groups is 1. The van der Waals surface area contributed by atoms with Crippen LogP contribution in [0.1, 0.15) is 13.8 Å². The first kappa shape index (κ1) is 29.5. The molecule has 3 heterocycles. The van der Waals surface area contributed by atoms with E-state index < -0.39 is 17.3 Å². The van der Waals surface area contributed by atoms with Gasteiger partial charge in [-0.25, -0.2) is 13.6 Å². The maximum Gasteiger partial charge on any atom is 0.350 e. The minimum Gasteiger partial charge on any atom is -0.383 e. The fraction of sp³-hybridized carbons (Fsp3) is 0.414. The molecule has 8 nitrogen and oxygen atoms in total. The monoisotopic (exact) mass is 603 g/mol. The molecule has 2 aromatic carbocycles. The van der Waals surface area contributed by atoms with Crippen LogP contribution in [0.25, 0.3) is 22.0 Å². The van der Waals surface area contributed by atoms with Crippen LogP contribution in [0, 0.1) is 11.6 Å². The third-order valence-corrected chi connectivity index (χ3v) is 9.12. The van der Waals surface area contributed by atoms with Crippen LogP contribution in [-0.4, -0.2) is 77.6 Å². The molecule has 2 aliphatic heterocycles. The van der Waals surface area contributed by atoms with E-state index in [0.29, 0.717) is 65.7 Å². The van der Waals surface area contributed by atoms with E-state index in [4.69, 9.17) is 16.3 Å². The molecule has 0 aliphatic carbocycles. The van der Waals surface area contributed by atoms with Gasteiger partial charge < -0.3 is 19.9 Å². The summed E-state index contributed by atoms with van der Waals surface area (Å²) in [6.45, 7) is 9.85. The van der Waals surface area contributed by atoms with E-state index in [-0.39, 0.29) is 34.6 Å². The predicted molar refractivity (Wildman–Crippen MR) is 159 cm³/mol. The van der Waals surface area contributed by atoms with Crippen molar-refractivity contribution < 1.29 is 18.3 Å². The molecule has 0 radical (unpaired) electrons. The molecule has 1 unspecified atom stereocenters. The minimum absolute atomic E-state index is 0.103. The number of ether oxygens (including phenoxy) is 1. The molecular weight excluding hydrogens is 572 g/mol. The van der Waals surface area contributed by atoms with Crippen molar-refractivity contribution in [1.82, 2.24) is 19.8 Å². The number of halogens is 3. The molecule has 1 N–H and O–H groups in total. The number of hydrogen-bond donors (Lipinski definition) is 1. The average Bonchev–Trinajstić information content (AvgIpc) is 3.11. The van der Waals surface area contributed by atoms with E-state index in [1.54, 1.807) is 22.6 Å². The highest BCUT2D eigenvalue weighted by atomic mass is 35.5.